The van der Waals surface area contributed by atoms with Crippen molar-refractivity contribution in [2.75, 3.05) is 26.7 Å². The maximum absolute atomic E-state index is 12.1. The van der Waals surface area contributed by atoms with Crippen molar-refractivity contribution in [1.82, 2.24) is 10.2 Å². The minimum Gasteiger partial charge on any atom is -0.355 e. The fourth-order valence-electron chi connectivity index (χ4n) is 1.45. The van der Waals surface area contributed by atoms with E-state index in [0.717, 1.165) is 0 Å². The van der Waals surface area contributed by atoms with E-state index >= 15 is 0 Å². The van der Waals surface area contributed by atoms with Gasteiger partial charge in [-0.15, -0.1) is 24.8 Å². The van der Waals surface area contributed by atoms with Crippen LogP contribution in [0.2, 0.25) is 0 Å². The summed E-state index contributed by atoms with van der Waals surface area (Å²) in [5.74, 6) is -0.272. The Morgan fingerprint density at radius 1 is 1.24 bits per heavy atom. The predicted molar refractivity (Wildman–Crippen MR) is 83.1 cm³/mol. The van der Waals surface area contributed by atoms with Crippen LogP contribution < -0.4 is 11.1 Å². The molecule has 1 atom stereocenters. The second-order valence-corrected chi connectivity index (χ2v) is 5.84. The number of halogens is 5. The molecule has 0 spiro atoms. The van der Waals surface area contributed by atoms with Crippen LogP contribution in [0.1, 0.15) is 27.2 Å². The van der Waals surface area contributed by atoms with Gasteiger partial charge in [-0.3, -0.25) is 9.69 Å². The Morgan fingerprint density at radius 2 is 1.71 bits per heavy atom. The molecular weight excluding hydrogens is 330 g/mol. The zero-order chi connectivity index (χ0) is 15.3. The fraction of sp³-hybridized carbons (Fsp3) is 0.917. The molecule has 0 bridgehead atoms. The number of rotatable bonds is 6. The van der Waals surface area contributed by atoms with Crippen LogP contribution in [-0.4, -0.2) is 49.7 Å². The van der Waals surface area contributed by atoms with Gasteiger partial charge in [0.25, 0.3) is 0 Å². The third-order valence-corrected chi connectivity index (χ3v) is 2.68. The largest absolute Gasteiger partial charge is 0.401 e. The molecule has 3 N–H and O–H groups in total. The summed E-state index contributed by atoms with van der Waals surface area (Å²) in [5, 5.41) is 2.64. The van der Waals surface area contributed by atoms with Gasteiger partial charge in [-0.25, -0.2) is 0 Å². The second-order valence-electron chi connectivity index (χ2n) is 5.84. The van der Waals surface area contributed by atoms with Crippen LogP contribution in [-0.2, 0) is 4.79 Å². The van der Waals surface area contributed by atoms with Crippen molar-refractivity contribution in [3.63, 3.8) is 0 Å². The summed E-state index contributed by atoms with van der Waals surface area (Å²) in [6, 6.07) is -0.625. The molecule has 1 amide bonds. The van der Waals surface area contributed by atoms with Gasteiger partial charge in [0.2, 0.25) is 5.91 Å². The van der Waals surface area contributed by atoms with Gasteiger partial charge < -0.3 is 11.1 Å². The van der Waals surface area contributed by atoms with Crippen LogP contribution in [0.3, 0.4) is 0 Å². The predicted octanol–water partition coefficient (Wildman–Crippen LogP) is 2.20. The second kappa shape index (κ2) is 10.5. The lowest BCUT2D eigenvalue weighted by Crippen LogP contribution is -2.49. The lowest BCUT2D eigenvalue weighted by atomic mass is 9.87. The van der Waals surface area contributed by atoms with Gasteiger partial charge in [-0.1, -0.05) is 20.8 Å². The van der Waals surface area contributed by atoms with E-state index in [2.05, 4.69) is 5.32 Å². The maximum atomic E-state index is 12.1. The number of amides is 1. The lowest BCUT2D eigenvalue weighted by Gasteiger charge is -2.26. The molecule has 0 heterocycles. The molecule has 0 radical (unpaired) electrons. The van der Waals surface area contributed by atoms with E-state index in [0.29, 0.717) is 13.0 Å². The highest BCUT2D eigenvalue weighted by Crippen LogP contribution is 2.17. The summed E-state index contributed by atoms with van der Waals surface area (Å²) in [5.41, 5.74) is 5.41. The third kappa shape index (κ3) is 13.2. The summed E-state index contributed by atoms with van der Waals surface area (Å²) in [7, 11) is 1.40. The number of nitrogens with two attached hydrogens (primary N) is 1. The number of carbonyl (C=O) groups excluding carboxylic acids is 1. The van der Waals surface area contributed by atoms with Crippen LogP contribution in [0.5, 0.6) is 0 Å². The third-order valence-electron chi connectivity index (χ3n) is 2.68. The molecule has 4 nitrogen and oxygen atoms in total. The van der Waals surface area contributed by atoms with Crippen LogP contribution in [0.4, 0.5) is 13.2 Å². The van der Waals surface area contributed by atoms with Crippen molar-refractivity contribution in [3.8, 4) is 0 Å². The Bertz CT molecular complexity index is 296. The highest BCUT2D eigenvalue weighted by molar-refractivity contribution is 5.85. The lowest BCUT2D eigenvalue weighted by molar-refractivity contribution is -0.143. The van der Waals surface area contributed by atoms with Crippen molar-refractivity contribution in [1.29, 1.82) is 0 Å². The Labute approximate surface area is 136 Å². The quantitative estimate of drug-likeness (QED) is 0.718. The highest BCUT2D eigenvalue weighted by Gasteiger charge is 2.29. The van der Waals surface area contributed by atoms with Crippen molar-refractivity contribution in [3.05, 3.63) is 0 Å². The van der Waals surface area contributed by atoms with Gasteiger partial charge in [0.1, 0.15) is 0 Å². The number of nitrogens with one attached hydrogen (secondary N) is 1. The van der Waals surface area contributed by atoms with E-state index in [9.17, 15) is 18.0 Å². The van der Waals surface area contributed by atoms with Gasteiger partial charge in [-0.2, -0.15) is 13.2 Å². The average Bonchev–Trinajstić information content (AvgIpc) is 2.19. The van der Waals surface area contributed by atoms with Crippen molar-refractivity contribution < 1.29 is 18.0 Å². The van der Waals surface area contributed by atoms with E-state index in [1.54, 1.807) is 0 Å². The van der Waals surface area contributed by atoms with Crippen molar-refractivity contribution in [2.45, 2.75) is 39.4 Å². The Balaban J connectivity index is -0.00000162. The minimum atomic E-state index is -4.19. The zero-order valence-corrected chi connectivity index (χ0v) is 14.4. The Hall–Kier alpha value is -0.240. The summed E-state index contributed by atoms with van der Waals surface area (Å²) in [6.07, 6.45) is -3.73. The number of carbonyl (C=O) groups is 1. The number of nitrogens with zero attached hydrogens (tertiary/aromatic N) is 1. The van der Waals surface area contributed by atoms with Crippen molar-refractivity contribution >= 4 is 30.7 Å². The average molecular weight is 356 g/mol. The molecule has 0 fully saturated rings. The Kier molecular flexibility index (Phi) is 12.8. The first-order valence-corrected chi connectivity index (χ1v) is 6.22. The van der Waals surface area contributed by atoms with Crippen molar-refractivity contribution in [2.24, 2.45) is 11.1 Å². The molecule has 130 valence electrons. The van der Waals surface area contributed by atoms with Crippen LogP contribution in [0, 0.1) is 5.41 Å². The summed E-state index contributed by atoms with van der Waals surface area (Å²) < 4.78 is 36.2. The molecule has 0 unspecified atom stereocenters. The standard InChI is InChI=1S/C12H24F3N3O.2ClH/c1-11(2,3)9(16)10(19)17-6-5-7-18(4)8-12(13,14)15;;/h9H,5-8,16H2,1-4H3,(H,17,19);2*1H/t9-;;/m1../s1. The molecule has 0 saturated heterocycles. The molecule has 0 aliphatic rings. The zero-order valence-electron chi connectivity index (χ0n) is 12.8. The van der Waals surface area contributed by atoms with Gasteiger partial charge in [0, 0.05) is 6.54 Å². The van der Waals surface area contributed by atoms with E-state index in [4.69, 9.17) is 5.73 Å². The molecule has 0 aromatic rings. The topological polar surface area (TPSA) is 58.4 Å². The van der Waals surface area contributed by atoms with Crippen LogP contribution in [0.15, 0.2) is 0 Å². The first-order valence-electron chi connectivity index (χ1n) is 6.22. The van der Waals surface area contributed by atoms with E-state index in [1.807, 2.05) is 20.8 Å². The highest BCUT2D eigenvalue weighted by atomic mass is 35.5. The fourth-order valence-corrected chi connectivity index (χ4v) is 1.45. The smallest absolute Gasteiger partial charge is 0.355 e. The summed E-state index contributed by atoms with van der Waals surface area (Å²) in [6.45, 7) is 5.22. The first kappa shape index (κ1) is 25.7. The number of alkyl halides is 3. The number of hydrogen-bond donors (Lipinski definition) is 2. The SMILES string of the molecule is CN(CCCNC(=O)[C@@H](N)C(C)(C)C)CC(F)(F)F.Cl.Cl. The van der Waals surface area contributed by atoms with E-state index in [-0.39, 0.29) is 42.7 Å². The first-order chi connectivity index (χ1) is 8.43. The van der Waals surface area contributed by atoms with Crippen LogP contribution in [0.25, 0.3) is 0 Å². The molecule has 21 heavy (non-hydrogen) atoms. The number of hydrogen-bond acceptors (Lipinski definition) is 3. The normalized spacial score (nSPS) is 13.2. The van der Waals surface area contributed by atoms with Gasteiger partial charge in [0.05, 0.1) is 12.6 Å². The maximum Gasteiger partial charge on any atom is 0.401 e. The van der Waals surface area contributed by atoms with E-state index in [1.165, 1.54) is 11.9 Å². The molecule has 0 aromatic heterocycles. The van der Waals surface area contributed by atoms with Gasteiger partial charge >= 0.3 is 6.18 Å². The van der Waals surface area contributed by atoms with Gasteiger partial charge in [-0.05, 0) is 25.4 Å². The van der Waals surface area contributed by atoms with Crippen LogP contribution >= 0.6 is 24.8 Å². The molecule has 0 aromatic carbocycles. The minimum absolute atomic E-state index is 0. The monoisotopic (exact) mass is 355 g/mol. The summed E-state index contributed by atoms with van der Waals surface area (Å²) >= 11 is 0. The van der Waals surface area contributed by atoms with Gasteiger partial charge in [0.15, 0.2) is 0 Å². The molecule has 0 rings (SSSR count). The summed E-state index contributed by atoms with van der Waals surface area (Å²) in [4.78, 5) is 12.8. The molecule has 0 aliphatic carbocycles. The molecule has 9 heteroatoms. The molecule has 0 aliphatic heterocycles. The van der Waals surface area contributed by atoms with E-state index < -0.39 is 18.8 Å². The Morgan fingerprint density at radius 3 is 2.10 bits per heavy atom. The molecular formula is C12H26Cl2F3N3O. The molecule has 0 saturated carbocycles.